The summed E-state index contributed by atoms with van der Waals surface area (Å²) in [4.78, 5) is 7.18. The molecule has 18 heavy (non-hydrogen) atoms. The largest absolute Gasteiger partial charge is 0.314 e. The third kappa shape index (κ3) is 3.31. The standard InChI is InChI=1S/C14H22BrN3/c1-3-11(2)14(18-8-6-16-7-9-18)13-5-4-12(15)10-17-13/h4-5,10-11,14,16H,3,6-9H2,1-2H3/t11?,14-/m1/s1. The molecule has 2 heterocycles. The van der Waals surface area contributed by atoms with E-state index in [1.54, 1.807) is 0 Å². The number of hydrogen-bond acceptors (Lipinski definition) is 3. The molecule has 3 nitrogen and oxygen atoms in total. The van der Waals surface area contributed by atoms with Gasteiger partial charge in [0.15, 0.2) is 0 Å². The van der Waals surface area contributed by atoms with Crippen molar-refractivity contribution in [2.75, 3.05) is 26.2 Å². The molecule has 0 aromatic carbocycles. The molecular weight excluding hydrogens is 290 g/mol. The van der Waals surface area contributed by atoms with Gasteiger partial charge in [-0.25, -0.2) is 0 Å². The fraction of sp³-hybridized carbons (Fsp3) is 0.643. The summed E-state index contributed by atoms with van der Waals surface area (Å²) >= 11 is 3.46. The normalized spacial score (nSPS) is 20.6. The molecule has 100 valence electrons. The molecule has 0 bridgehead atoms. The molecule has 0 amide bonds. The topological polar surface area (TPSA) is 28.2 Å². The third-order valence-corrected chi connectivity index (χ3v) is 4.25. The van der Waals surface area contributed by atoms with Gasteiger partial charge in [-0.05, 0) is 34.0 Å². The van der Waals surface area contributed by atoms with Crippen molar-refractivity contribution in [3.63, 3.8) is 0 Å². The van der Waals surface area contributed by atoms with E-state index in [0.29, 0.717) is 12.0 Å². The molecule has 1 aliphatic rings. The van der Waals surface area contributed by atoms with E-state index in [-0.39, 0.29) is 0 Å². The number of nitrogens with one attached hydrogen (secondary N) is 1. The monoisotopic (exact) mass is 311 g/mol. The Kier molecular flexibility index (Phi) is 5.15. The fourth-order valence-electron chi connectivity index (χ4n) is 2.58. The van der Waals surface area contributed by atoms with Crippen molar-refractivity contribution < 1.29 is 0 Å². The second-order valence-corrected chi connectivity index (χ2v) is 5.93. The molecule has 1 N–H and O–H groups in total. The zero-order chi connectivity index (χ0) is 13.0. The van der Waals surface area contributed by atoms with Gasteiger partial charge in [0.2, 0.25) is 0 Å². The van der Waals surface area contributed by atoms with E-state index in [1.165, 1.54) is 12.1 Å². The van der Waals surface area contributed by atoms with Gasteiger partial charge in [-0.3, -0.25) is 9.88 Å². The first-order valence-corrected chi connectivity index (χ1v) is 7.58. The SMILES string of the molecule is CCC(C)[C@H](c1ccc(Br)cn1)N1CCNCC1. The number of hydrogen-bond donors (Lipinski definition) is 1. The summed E-state index contributed by atoms with van der Waals surface area (Å²) in [5.41, 5.74) is 1.20. The summed E-state index contributed by atoms with van der Waals surface area (Å²) in [5, 5.41) is 3.42. The number of piperazine rings is 1. The van der Waals surface area contributed by atoms with Crippen LogP contribution in [-0.2, 0) is 0 Å². The summed E-state index contributed by atoms with van der Waals surface area (Å²) in [5.74, 6) is 0.636. The molecule has 1 aromatic rings. The Labute approximate surface area is 118 Å². The van der Waals surface area contributed by atoms with Crippen LogP contribution in [0, 0.1) is 5.92 Å². The second kappa shape index (κ2) is 6.64. The number of pyridine rings is 1. The van der Waals surface area contributed by atoms with Crippen LogP contribution in [0.5, 0.6) is 0 Å². The van der Waals surface area contributed by atoms with Gasteiger partial charge in [-0.1, -0.05) is 20.3 Å². The molecule has 0 aliphatic carbocycles. The lowest BCUT2D eigenvalue weighted by molar-refractivity contribution is 0.125. The van der Waals surface area contributed by atoms with Crippen molar-refractivity contribution in [2.24, 2.45) is 5.92 Å². The molecule has 1 fully saturated rings. The van der Waals surface area contributed by atoms with Gasteiger partial charge in [0.25, 0.3) is 0 Å². The highest BCUT2D eigenvalue weighted by Crippen LogP contribution is 2.30. The Morgan fingerprint density at radius 1 is 1.39 bits per heavy atom. The first-order valence-electron chi connectivity index (χ1n) is 6.78. The highest BCUT2D eigenvalue weighted by Gasteiger charge is 2.27. The third-order valence-electron chi connectivity index (χ3n) is 3.78. The molecule has 1 unspecified atom stereocenters. The van der Waals surface area contributed by atoms with Crippen molar-refractivity contribution in [1.29, 1.82) is 0 Å². The van der Waals surface area contributed by atoms with E-state index < -0.39 is 0 Å². The van der Waals surface area contributed by atoms with E-state index >= 15 is 0 Å². The highest BCUT2D eigenvalue weighted by atomic mass is 79.9. The van der Waals surface area contributed by atoms with Crippen LogP contribution in [0.15, 0.2) is 22.8 Å². The molecule has 1 saturated heterocycles. The van der Waals surface area contributed by atoms with Crippen molar-refractivity contribution in [1.82, 2.24) is 15.2 Å². The van der Waals surface area contributed by atoms with E-state index in [4.69, 9.17) is 0 Å². The van der Waals surface area contributed by atoms with Crippen LogP contribution in [0.1, 0.15) is 32.0 Å². The van der Waals surface area contributed by atoms with E-state index in [0.717, 1.165) is 30.7 Å². The van der Waals surface area contributed by atoms with Crippen molar-refractivity contribution in [3.8, 4) is 0 Å². The van der Waals surface area contributed by atoms with Crippen LogP contribution in [0.25, 0.3) is 0 Å². The Morgan fingerprint density at radius 2 is 2.11 bits per heavy atom. The van der Waals surface area contributed by atoms with Gasteiger partial charge in [0, 0.05) is 36.8 Å². The Balaban J connectivity index is 2.20. The first-order chi connectivity index (χ1) is 8.72. The maximum Gasteiger partial charge on any atom is 0.0578 e. The zero-order valence-corrected chi connectivity index (χ0v) is 12.8. The van der Waals surface area contributed by atoms with Crippen LogP contribution in [0.3, 0.4) is 0 Å². The van der Waals surface area contributed by atoms with E-state index in [2.05, 4.69) is 57.1 Å². The molecule has 2 atom stereocenters. The average Bonchev–Trinajstić information content (AvgIpc) is 2.42. The fourth-order valence-corrected chi connectivity index (χ4v) is 2.82. The Hall–Kier alpha value is -0.450. The molecule has 1 aromatic heterocycles. The van der Waals surface area contributed by atoms with Crippen molar-refractivity contribution in [3.05, 3.63) is 28.5 Å². The van der Waals surface area contributed by atoms with Crippen molar-refractivity contribution >= 4 is 15.9 Å². The molecular formula is C14H22BrN3. The summed E-state index contributed by atoms with van der Waals surface area (Å²) in [6.45, 7) is 9.00. The first kappa shape index (κ1) is 14.0. The summed E-state index contributed by atoms with van der Waals surface area (Å²) < 4.78 is 1.05. The molecule has 0 radical (unpaired) electrons. The molecule has 0 saturated carbocycles. The number of rotatable bonds is 4. The van der Waals surface area contributed by atoms with Crippen LogP contribution < -0.4 is 5.32 Å². The van der Waals surface area contributed by atoms with Crippen LogP contribution in [0.2, 0.25) is 0 Å². The quantitative estimate of drug-likeness (QED) is 0.927. The van der Waals surface area contributed by atoms with E-state index in [9.17, 15) is 0 Å². The van der Waals surface area contributed by atoms with Gasteiger partial charge < -0.3 is 5.32 Å². The van der Waals surface area contributed by atoms with Crippen LogP contribution >= 0.6 is 15.9 Å². The summed E-state index contributed by atoms with van der Waals surface area (Å²) in [6.07, 6.45) is 3.10. The molecule has 2 rings (SSSR count). The predicted molar refractivity (Wildman–Crippen MR) is 78.6 cm³/mol. The summed E-state index contributed by atoms with van der Waals surface area (Å²) in [6, 6.07) is 4.70. The number of nitrogens with zero attached hydrogens (tertiary/aromatic N) is 2. The van der Waals surface area contributed by atoms with Gasteiger partial charge in [0.05, 0.1) is 11.7 Å². The maximum atomic E-state index is 4.61. The highest BCUT2D eigenvalue weighted by molar-refractivity contribution is 9.10. The molecule has 1 aliphatic heterocycles. The number of halogens is 1. The Morgan fingerprint density at radius 3 is 2.67 bits per heavy atom. The second-order valence-electron chi connectivity index (χ2n) is 5.02. The van der Waals surface area contributed by atoms with Crippen molar-refractivity contribution in [2.45, 2.75) is 26.3 Å². The molecule has 4 heteroatoms. The lowest BCUT2D eigenvalue weighted by atomic mass is 9.93. The minimum absolute atomic E-state index is 0.449. The Bertz CT molecular complexity index is 360. The van der Waals surface area contributed by atoms with Gasteiger partial charge in [-0.2, -0.15) is 0 Å². The van der Waals surface area contributed by atoms with Gasteiger partial charge in [-0.15, -0.1) is 0 Å². The van der Waals surface area contributed by atoms with Crippen LogP contribution in [-0.4, -0.2) is 36.1 Å². The smallest absolute Gasteiger partial charge is 0.0578 e. The molecule has 0 spiro atoms. The van der Waals surface area contributed by atoms with Gasteiger partial charge >= 0.3 is 0 Å². The van der Waals surface area contributed by atoms with Gasteiger partial charge in [0.1, 0.15) is 0 Å². The number of aromatic nitrogens is 1. The summed E-state index contributed by atoms with van der Waals surface area (Å²) in [7, 11) is 0. The minimum atomic E-state index is 0.449. The lowest BCUT2D eigenvalue weighted by Crippen LogP contribution is -2.46. The minimum Gasteiger partial charge on any atom is -0.314 e. The average molecular weight is 312 g/mol. The van der Waals surface area contributed by atoms with Crippen LogP contribution in [0.4, 0.5) is 0 Å². The van der Waals surface area contributed by atoms with E-state index in [1.807, 2.05) is 6.20 Å². The maximum absolute atomic E-state index is 4.61. The zero-order valence-electron chi connectivity index (χ0n) is 11.2. The predicted octanol–water partition coefficient (Wildman–Crippen LogP) is 2.84. The lowest BCUT2D eigenvalue weighted by Gasteiger charge is -2.37.